The number of piperazine rings is 1. The first-order valence-corrected chi connectivity index (χ1v) is 6.28. The van der Waals surface area contributed by atoms with Gasteiger partial charge >= 0.3 is 0 Å². The Balaban J connectivity index is 1.86. The Morgan fingerprint density at radius 1 is 1.39 bits per heavy atom. The fourth-order valence-corrected chi connectivity index (χ4v) is 2.37. The molecule has 0 aliphatic carbocycles. The molecule has 0 radical (unpaired) electrons. The molecule has 0 unspecified atom stereocenters. The number of hydrogen-bond acceptors (Lipinski definition) is 4. The van der Waals surface area contributed by atoms with Crippen LogP contribution in [0.5, 0.6) is 0 Å². The van der Waals surface area contributed by atoms with E-state index in [1.54, 1.807) is 0 Å². The van der Waals surface area contributed by atoms with Gasteiger partial charge in [0.05, 0.1) is 11.6 Å². The molecule has 18 heavy (non-hydrogen) atoms. The van der Waals surface area contributed by atoms with Crippen molar-refractivity contribution in [2.24, 2.45) is 0 Å². The molecule has 1 fully saturated rings. The van der Waals surface area contributed by atoms with E-state index in [1.165, 1.54) is 12.1 Å². The Kier molecular flexibility index (Phi) is 3.20. The number of hydrogen-bond donors (Lipinski definition) is 1. The highest BCUT2D eigenvalue weighted by atomic mass is 35.5. The monoisotopic (exact) mass is 269 g/mol. The predicted octanol–water partition coefficient (Wildman–Crippen LogP) is 2.03. The van der Waals surface area contributed by atoms with Gasteiger partial charge in [-0.15, -0.1) is 0 Å². The standard InChI is InChI=1S/C12H13ClFN3O/c13-9-5-8(14)6-10-12(9)18-11(16-10)7-17-3-1-15-2-4-17/h5-6,15H,1-4,7H2. The average molecular weight is 270 g/mol. The van der Waals surface area contributed by atoms with Gasteiger partial charge in [0, 0.05) is 32.2 Å². The number of fused-ring (bicyclic) bond motifs is 1. The van der Waals surface area contributed by atoms with Gasteiger partial charge in [-0.1, -0.05) is 11.6 Å². The van der Waals surface area contributed by atoms with E-state index in [2.05, 4.69) is 15.2 Å². The lowest BCUT2D eigenvalue weighted by Crippen LogP contribution is -2.42. The average Bonchev–Trinajstić information content (AvgIpc) is 2.73. The van der Waals surface area contributed by atoms with Gasteiger partial charge in [-0.25, -0.2) is 9.37 Å². The molecule has 0 saturated carbocycles. The number of nitrogens with one attached hydrogen (secondary N) is 1. The molecular formula is C12H13ClFN3O. The minimum absolute atomic E-state index is 0.268. The first-order valence-electron chi connectivity index (χ1n) is 5.90. The summed E-state index contributed by atoms with van der Waals surface area (Å²) in [7, 11) is 0. The molecule has 0 bridgehead atoms. The van der Waals surface area contributed by atoms with Crippen LogP contribution < -0.4 is 5.32 Å². The molecule has 1 aliphatic heterocycles. The normalized spacial score (nSPS) is 17.4. The molecule has 2 aromatic rings. The molecule has 0 spiro atoms. The lowest BCUT2D eigenvalue weighted by Gasteiger charge is -2.25. The Morgan fingerprint density at radius 3 is 2.94 bits per heavy atom. The molecule has 6 heteroatoms. The van der Waals surface area contributed by atoms with E-state index in [1.807, 2.05) is 0 Å². The second kappa shape index (κ2) is 4.84. The summed E-state index contributed by atoms with van der Waals surface area (Å²) in [6.45, 7) is 4.49. The van der Waals surface area contributed by atoms with E-state index >= 15 is 0 Å². The maximum atomic E-state index is 13.2. The van der Waals surface area contributed by atoms with Crippen LogP contribution in [0, 0.1) is 5.82 Å². The molecule has 1 N–H and O–H groups in total. The van der Waals surface area contributed by atoms with E-state index in [0.29, 0.717) is 23.5 Å². The second-order valence-corrected chi connectivity index (χ2v) is 4.78. The van der Waals surface area contributed by atoms with Crippen molar-refractivity contribution < 1.29 is 8.81 Å². The SMILES string of the molecule is Fc1cc(Cl)c2oc(CN3CCNCC3)nc2c1. The molecule has 1 aliphatic rings. The number of nitrogens with zero attached hydrogens (tertiary/aromatic N) is 2. The van der Waals surface area contributed by atoms with E-state index in [-0.39, 0.29) is 5.02 Å². The molecule has 96 valence electrons. The lowest BCUT2D eigenvalue weighted by molar-refractivity contribution is 0.214. The van der Waals surface area contributed by atoms with Crippen LogP contribution in [0.4, 0.5) is 4.39 Å². The summed E-state index contributed by atoms with van der Waals surface area (Å²) in [5, 5.41) is 3.55. The smallest absolute Gasteiger partial charge is 0.209 e. The van der Waals surface area contributed by atoms with Crippen LogP contribution in [0.2, 0.25) is 5.02 Å². The molecule has 3 rings (SSSR count). The maximum absolute atomic E-state index is 13.2. The zero-order chi connectivity index (χ0) is 12.5. The number of halogens is 2. The molecule has 1 aromatic heterocycles. The molecule has 1 saturated heterocycles. The molecular weight excluding hydrogens is 257 g/mol. The van der Waals surface area contributed by atoms with Crippen LogP contribution in [-0.2, 0) is 6.54 Å². The second-order valence-electron chi connectivity index (χ2n) is 4.37. The Labute approximate surface area is 109 Å². The third-order valence-corrected chi connectivity index (χ3v) is 3.30. The van der Waals surface area contributed by atoms with Crippen molar-refractivity contribution in [1.82, 2.24) is 15.2 Å². The van der Waals surface area contributed by atoms with E-state index in [4.69, 9.17) is 16.0 Å². The van der Waals surface area contributed by atoms with Crippen molar-refractivity contribution in [3.05, 3.63) is 28.9 Å². The van der Waals surface area contributed by atoms with Crippen molar-refractivity contribution in [3.63, 3.8) is 0 Å². The number of oxazole rings is 1. The third-order valence-electron chi connectivity index (χ3n) is 3.02. The summed E-state index contributed by atoms with van der Waals surface area (Å²) in [6.07, 6.45) is 0. The topological polar surface area (TPSA) is 41.3 Å². The van der Waals surface area contributed by atoms with Gasteiger partial charge in [0.25, 0.3) is 0 Å². The van der Waals surface area contributed by atoms with Crippen molar-refractivity contribution in [2.45, 2.75) is 6.54 Å². The van der Waals surface area contributed by atoms with Crippen LogP contribution in [0.1, 0.15) is 5.89 Å². The summed E-state index contributed by atoms with van der Waals surface area (Å²) in [4.78, 5) is 6.52. The van der Waals surface area contributed by atoms with E-state index < -0.39 is 5.82 Å². The zero-order valence-electron chi connectivity index (χ0n) is 9.75. The van der Waals surface area contributed by atoms with Crippen LogP contribution in [-0.4, -0.2) is 36.1 Å². The molecule has 1 aromatic carbocycles. The van der Waals surface area contributed by atoms with Gasteiger partial charge in [-0.05, 0) is 6.07 Å². The van der Waals surface area contributed by atoms with E-state index in [0.717, 1.165) is 26.2 Å². The van der Waals surface area contributed by atoms with Crippen LogP contribution in [0.15, 0.2) is 16.5 Å². The predicted molar refractivity (Wildman–Crippen MR) is 67.1 cm³/mol. The summed E-state index contributed by atoms with van der Waals surface area (Å²) >= 11 is 5.92. The first kappa shape index (κ1) is 11.9. The number of rotatable bonds is 2. The van der Waals surface area contributed by atoms with Crippen molar-refractivity contribution >= 4 is 22.7 Å². The van der Waals surface area contributed by atoms with E-state index in [9.17, 15) is 4.39 Å². The fraction of sp³-hybridized carbons (Fsp3) is 0.417. The number of benzene rings is 1. The quantitative estimate of drug-likeness (QED) is 0.906. The van der Waals surface area contributed by atoms with Gasteiger partial charge in [0.15, 0.2) is 5.58 Å². The highest BCUT2D eigenvalue weighted by molar-refractivity contribution is 6.34. The van der Waals surface area contributed by atoms with Gasteiger partial charge < -0.3 is 9.73 Å². The van der Waals surface area contributed by atoms with Crippen LogP contribution >= 0.6 is 11.6 Å². The Morgan fingerprint density at radius 2 is 2.17 bits per heavy atom. The fourth-order valence-electron chi connectivity index (χ4n) is 2.13. The largest absolute Gasteiger partial charge is 0.438 e. The minimum Gasteiger partial charge on any atom is -0.438 e. The van der Waals surface area contributed by atoms with Gasteiger partial charge in [-0.2, -0.15) is 0 Å². The Hall–Kier alpha value is -1.17. The molecule has 0 amide bonds. The highest BCUT2D eigenvalue weighted by Crippen LogP contribution is 2.26. The summed E-state index contributed by atoms with van der Waals surface area (Å²) in [5.74, 6) is 0.189. The Bertz CT molecular complexity index is 566. The third kappa shape index (κ3) is 2.34. The van der Waals surface area contributed by atoms with Crippen molar-refractivity contribution in [3.8, 4) is 0 Å². The van der Waals surface area contributed by atoms with Gasteiger partial charge in [-0.3, -0.25) is 4.90 Å². The maximum Gasteiger partial charge on any atom is 0.209 e. The van der Waals surface area contributed by atoms with Crippen molar-refractivity contribution in [1.29, 1.82) is 0 Å². The molecule has 4 nitrogen and oxygen atoms in total. The zero-order valence-corrected chi connectivity index (χ0v) is 10.5. The van der Waals surface area contributed by atoms with Crippen LogP contribution in [0.3, 0.4) is 0 Å². The van der Waals surface area contributed by atoms with Gasteiger partial charge in [0.1, 0.15) is 11.3 Å². The van der Waals surface area contributed by atoms with Gasteiger partial charge in [0.2, 0.25) is 5.89 Å². The molecule has 0 atom stereocenters. The summed E-state index contributed by atoms with van der Waals surface area (Å²) < 4.78 is 18.8. The number of aromatic nitrogens is 1. The summed E-state index contributed by atoms with van der Waals surface area (Å²) in [6, 6.07) is 2.58. The highest BCUT2D eigenvalue weighted by Gasteiger charge is 2.15. The minimum atomic E-state index is -0.394. The lowest BCUT2D eigenvalue weighted by atomic mass is 10.3. The van der Waals surface area contributed by atoms with Crippen LogP contribution in [0.25, 0.3) is 11.1 Å². The first-order chi connectivity index (χ1) is 8.72. The summed E-state index contributed by atoms with van der Waals surface area (Å²) in [5.41, 5.74) is 0.938. The molecule has 2 heterocycles. The van der Waals surface area contributed by atoms with Crippen molar-refractivity contribution in [2.75, 3.05) is 26.2 Å².